The molecule has 0 saturated carbocycles. The van der Waals surface area contributed by atoms with E-state index < -0.39 is 0 Å². The number of hydrogen-bond donors (Lipinski definition) is 1. The molecule has 1 aliphatic rings. The molecule has 1 N–H and O–H groups in total. The standard InChI is InChI=1S/C10H17N3O2/c1-3-7(11-2)10-12-9(13-15-10)8-5-4-6-14-8/h7-8,11H,3-6H2,1-2H3. The topological polar surface area (TPSA) is 60.2 Å². The van der Waals surface area contributed by atoms with Crippen LogP contribution in [0.25, 0.3) is 0 Å². The molecule has 0 radical (unpaired) electrons. The molecule has 0 amide bonds. The summed E-state index contributed by atoms with van der Waals surface area (Å²) < 4.78 is 10.7. The Hall–Kier alpha value is -0.940. The molecule has 2 rings (SSSR count). The van der Waals surface area contributed by atoms with E-state index in [1.54, 1.807) is 0 Å². The first-order chi connectivity index (χ1) is 7.35. The highest BCUT2D eigenvalue weighted by atomic mass is 16.5. The van der Waals surface area contributed by atoms with Crippen LogP contribution < -0.4 is 5.32 Å². The lowest BCUT2D eigenvalue weighted by Crippen LogP contribution is -2.15. The quantitative estimate of drug-likeness (QED) is 0.819. The molecule has 0 bridgehead atoms. The van der Waals surface area contributed by atoms with Crippen LogP contribution in [0.5, 0.6) is 0 Å². The number of aromatic nitrogens is 2. The second-order valence-electron chi connectivity index (χ2n) is 3.74. The van der Waals surface area contributed by atoms with Crippen LogP contribution >= 0.6 is 0 Å². The van der Waals surface area contributed by atoms with E-state index >= 15 is 0 Å². The van der Waals surface area contributed by atoms with Crippen LogP contribution in [0.15, 0.2) is 4.52 Å². The molecule has 1 aromatic heterocycles. The van der Waals surface area contributed by atoms with Gasteiger partial charge in [0.25, 0.3) is 0 Å². The van der Waals surface area contributed by atoms with Crippen molar-refractivity contribution in [3.63, 3.8) is 0 Å². The molecular weight excluding hydrogens is 194 g/mol. The van der Waals surface area contributed by atoms with E-state index in [-0.39, 0.29) is 12.1 Å². The molecule has 2 heterocycles. The van der Waals surface area contributed by atoms with Gasteiger partial charge in [0.2, 0.25) is 11.7 Å². The minimum absolute atomic E-state index is 0.0388. The highest BCUT2D eigenvalue weighted by Crippen LogP contribution is 2.27. The van der Waals surface area contributed by atoms with Crippen molar-refractivity contribution in [2.45, 2.75) is 38.3 Å². The van der Waals surface area contributed by atoms with Crippen molar-refractivity contribution in [3.8, 4) is 0 Å². The average Bonchev–Trinajstić information content (AvgIpc) is 2.89. The predicted octanol–water partition coefficient (Wildman–Crippen LogP) is 1.59. The maximum Gasteiger partial charge on any atom is 0.243 e. The number of nitrogens with one attached hydrogen (secondary N) is 1. The number of nitrogens with zero attached hydrogens (tertiary/aromatic N) is 2. The van der Waals surface area contributed by atoms with Crippen LogP contribution in [0.2, 0.25) is 0 Å². The maximum absolute atomic E-state index is 5.49. The summed E-state index contributed by atoms with van der Waals surface area (Å²) in [6.45, 7) is 2.88. The van der Waals surface area contributed by atoms with Gasteiger partial charge in [0.05, 0.1) is 6.04 Å². The van der Waals surface area contributed by atoms with Gasteiger partial charge in [0, 0.05) is 6.61 Å². The smallest absolute Gasteiger partial charge is 0.243 e. The van der Waals surface area contributed by atoms with Gasteiger partial charge in [-0.25, -0.2) is 0 Å². The van der Waals surface area contributed by atoms with E-state index in [9.17, 15) is 0 Å². The molecule has 2 atom stereocenters. The summed E-state index contributed by atoms with van der Waals surface area (Å²) in [5, 5.41) is 7.10. The number of rotatable bonds is 4. The van der Waals surface area contributed by atoms with E-state index in [2.05, 4.69) is 22.4 Å². The molecule has 1 fully saturated rings. The summed E-state index contributed by atoms with van der Waals surface area (Å²) >= 11 is 0. The Morgan fingerprint density at radius 2 is 2.47 bits per heavy atom. The molecule has 15 heavy (non-hydrogen) atoms. The maximum atomic E-state index is 5.49. The van der Waals surface area contributed by atoms with E-state index in [0.717, 1.165) is 25.9 Å². The van der Waals surface area contributed by atoms with Gasteiger partial charge in [0.15, 0.2) is 0 Å². The van der Waals surface area contributed by atoms with Gasteiger partial charge in [-0.1, -0.05) is 12.1 Å². The lowest BCUT2D eigenvalue weighted by Gasteiger charge is -2.06. The van der Waals surface area contributed by atoms with Gasteiger partial charge in [-0.15, -0.1) is 0 Å². The van der Waals surface area contributed by atoms with Crippen molar-refractivity contribution in [3.05, 3.63) is 11.7 Å². The second kappa shape index (κ2) is 4.72. The van der Waals surface area contributed by atoms with Crippen LogP contribution in [-0.2, 0) is 4.74 Å². The zero-order valence-corrected chi connectivity index (χ0v) is 9.19. The van der Waals surface area contributed by atoms with Crippen molar-refractivity contribution < 1.29 is 9.26 Å². The minimum Gasteiger partial charge on any atom is -0.370 e. The molecule has 1 aliphatic heterocycles. The molecular formula is C10H17N3O2. The molecule has 84 valence electrons. The lowest BCUT2D eigenvalue weighted by molar-refractivity contribution is 0.103. The SMILES string of the molecule is CCC(NC)c1nc(C2CCCO2)no1. The van der Waals surface area contributed by atoms with Gasteiger partial charge >= 0.3 is 0 Å². The van der Waals surface area contributed by atoms with Crippen molar-refractivity contribution in [1.29, 1.82) is 0 Å². The van der Waals surface area contributed by atoms with Crippen molar-refractivity contribution >= 4 is 0 Å². The molecule has 1 saturated heterocycles. The normalized spacial score (nSPS) is 23.2. The lowest BCUT2D eigenvalue weighted by atomic mass is 10.2. The molecule has 0 aliphatic carbocycles. The molecule has 5 heteroatoms. The first-order valence-corrected chi connectivity index (χ1v) is 5.47. The van der Waals surface area contributed by atoms with Gasteiger partial charge in [0.1, 0.15) is 6.10 Å². The zero-order chi connectivity index (χ0) is 10.7. The third-order valence-electron chi connectivity index (χ3n) is 2.73. The van der Waals surface area contributed by atoms with E-state index in [1.165, 1.54) is 0 Å². The highest BCUT2D eigenvalue weighted by molar-refractivity contribution is 4.96. The Kier molecular flexibility index (Phi) is 3.33. The summed E-state index contributed by atoms with van der Waals surface area (Å²) in [5.41, 5.74) is 0. The van der Waals surface area contributed by atoms with E-state index in [4.69, 9.17) is 9.26 Å². The van der Waals surface area contributed by atoms with E-state index in [0.29, 0.717) is 11.7 Å². The van der Waals surface area contributed by atoms with Gasteiger partial charge < -0.3 is 14.6 Å². The predicted molar refractivity (Wildman–Crippen MR) is 54.3 cm³/mol. The molecule has 1 aromatic rings. The van der Waals surface area contributed by atoms with Crippen LogP contribution in [0.1, 0.15) is 50.0 Å². The summed E-state index contributed by atoms with van der Waals surface area (Å²) in [5.74, 6) is 1.35. The Morgan fingerprint density at radius 1 is 1.60 bits per heavy atom. The summed E-state index contributed by atoms with van der Waals surface area (Å²) in [6, 6.07) is 0.146. The third kappa shape index (κ3) is 2.18. The third-order valence-corrected chi connectivity index (χ3v) is 2.73. The Morgan fingerprint density at radius 3 is 3.07 bits per heavy atom. The van der Waals surface area contributed by atoms with Gasteiger partial charge in [-0.3, -0.25) is 0 Å². The average molecular weight is 211 g/mol. The van der Waals surface area contributed by atoms with Crippen LogP contribution in [0, 0.1) is 0 Å². The number of ether oxygens (including phenoxy) is 1. The van der Waals surface area contributed by atoms with Crippen LogP contribution in [0.3, 0.4) is 0 Å². The van der Waals surface area contributed by atoms with Crippen molar-refractivity contribution in [1.82, 2.24) is 15.5 Å². The monoisotopic (exact) mass is 211 g/mol. The van der Waals surface area contributed by atoms with E-state index in [1.807, 2.05) is 7.05 Å². The zero-order valence-electron chi connectivity index (χ0n) is 9.19. The molecule has 5 nitrogen and oxygen atoms in total. The fourth-order valence-corrected chi connectivity index (χ4v) is 1.80. The highest BCUT2D eigenvalue weighted by Gasteiger charge is 2.24. The van der Waals surface area contributed by atoms with Gasteiger partial charge in [-0.2, -0.15) is 4.98 Å². The minimum atomic E-state index is 0.0388. The van der Waals surface area contributed by atoms with Crippen LogP contribution in [-0.4, -0.2) is 23.8 Å². The first-order valence-electron chi connectivity index (χ1n) is 5.47. The molecule has 0 spiro atoms. The second-order valence-corrected chi connectivity index (χ2v) is 3.74. The van der Waals surface area contributed by atoms with Gasteiger partial charge in [-0.05, 0) is 26.3 Å². The Balaban J connectivity index is 2.08. The summed E-state index contributed by atoms with van der Waals surface area (Å²) in [6.07, 6.45) is 3.05. The van der Waals surface area contributed by atoms with Crippen LogP contribution in [0.4, 0.5) is 0 Å². The fraction of sp³-hybridized carbons (Fsp3) is 0.800. The molecule has 0 aromatic carbocycles. The first kappa shape index (κ1) is 10.6. The summed E-state index contributed by atoms with van der Waals surface area (Å²) in [4.78, 5) is 4.37. The van der Waals surface area contributed by atoms with Crippen molar-refractivity contribution in [2.75, 3.05) is 13.7 Å². The van der Waals surface area contributed by atoms with Crippen molar-refractivity contribution in [2.24, 2.45) is 0 Å². The number of hydrogen-bond acceptors (Lipinski definition) is 5. The molecule has 2 unspecified atom stereocenters. The summed E-state index contributed by atoms with van der Waals surface area (Å²) in [7, 11) is 1.89. The fourth-order valence-electron chi connectivity index (χ4n) is 1.80. The Bertz CT molecular complexity index is 287. The Labute approximate surface area is 89.2 Å². The largest absolute Gasteiger partial charge is 0.370 e.